The predicted octanol–water partition coefficient (Wildman–Crippen LogP) is 3.27. The van der Waals surface area contributed by atoms with Crippen molar-refractivity contribution in [1.29, 1.82) is 0 Å². The van der Waals surface area contributed by atoms with Gasteiger partial charge >= 0.3 is 0 Å². The molecule has 1 aliphatic rings. The number of hydrogen-bond acceptors (Lipinski definition) is 4. The van der Waals surface area contributed by atoms with Crippen LogP contribution in [0.3, 0.4) is 0 Å². The van der Waals surface area contributed by atoms with Gasteiger partial charge in [-0.3, -0.25) is 14.3 Å². The predicted molar refractivity (Wildman–Crippen MR) is 98.5 cm³/mol. The van der Waals surface area contributed by atoms with Gasteiger partial charge in [0.05, 0.1) is 6.54 Å². The van der Waals surface area contributed by atoms with Crippen molar-refractivity contribution in [1.82, 2.24) is 14.7 Å². The Labute approximate surface area is 151 Å². The van der Waals surface area contributed by atoms with Crippen LogP contribution in [0.5, 0.6) is 0 Å². The third-order valence-corrected chi connectivity index (χ3v) is 5.51. The van der Waals surface area contributed by atoms with E-state index < -0.39 is 0 Å². The fourth-order valence-electron chi connectivity index (χ4n) is 3.19. The van der Waals surface area contributed by atoms with Gasteiger partial charge in [-0.15, -0.1) is 11.3 Å². The highest BCUT2D eigenvalue weighted by atomic mass is 32.1. The van der Waals surface area contributed by atoms with Gasteiger partial charge in [-0.1, -0.05) is 25.3 Å². The lowest BCUT2D eigenvalue weighted by molar-refractivity contribution is -0.120. The van der Waals surface area contributed by atoms with Crippen LogP contribution in [0.2, 0.25) is 0 Å². The molecule has 6 nitrogen and oxygen atoms in total. The van der Waals surface area contributed by atoms with E-state index in [9.17, 15) is 9.59 Å². The molecule has 2 aromatic rings. The summed E-state index contributed by atoms with van der Waals surface area (Å²) in [6.45, 7) is 0.552. The maximum atomic E-state index is 12.6. The molecule has 0 spiro atoms. The first kappa shape index (κ1) is 17.7. The second kappa shape index (κ2) is 7.82. The number of carbonyl (C=O) groups is 2. The van der Waals surface area contributed by atoms with Crippen molar-refractivity contribution in [2.45, 2.75) is 38.6 Å². The second-order valence-corrected chi connectivity index (χ2v) is 7.64. The van der Waals surface area contributed by atoms with Crippen LogP contribution in [0.1, 0.15) is 47.5 Å². The molecular formula is C18H24N4O2S. The maximum Gasteiger partial charge on any atom is 0.274 e. The van der Waals surface area contributed by atoms with Crippen LogP contribution >= 0.6 is 11.3 Å². The van der Waals surface area contributed by atoms with Crippen LogP contribution in [0.4, 0.5) is 5.82 Å². The minimum Gasteiger partial charge on any atom is -0.335 e. The zero-order valence-electron chi connectivity index (χ0n) is 14.7. The molecule has 2 heterocycles. The molecule has 0 atom stereocenters. The monoisotopic (exact) mass is 360 g/mol. The Balaban J connectivity index is 1.64. The largest absolute Gasteiger partial charge is 0.335 e. The summed E-state index contributed by atoms with van der Waals surface area (Å²) < 4.78 is 1.56. The number of carbonyl (C=O) groups excluding carboxylic acids is 2. The Hall–Kier alpha value is -2.15. The molecule has 0 aliphatic heterocycles. The van der Waals surface area contributed by atoms with E-state index in [-0.39, 0.29) is 17.7 Å². The molecule has 134 valence electrons. The molecule has 3 rings (SSSR count). The van der Waals surface area contributed by atoms with Crippen LogP contribution in [0.15, 0.2) is 23.6 Å². The highest BCUT2D eigenvalue weighted by Gasteiger charge is 2.23. The Morgan fingerprint density at radius 3 is 2.80 bits per heavy atom. The van der Waals surface area contributed by atoms with E-state index in [1.807, 2.05) is 17.5 Å². The average molecular weight is 360 g/mol. The van der Waals surface area contributed by atoms with E-state index in [0.29, 0.717) is 18.1 Å². The Bertz CT molecular complexity index is 732. The van der Waals surface area contributed by atoms with Crippen LogP contribution in [-0.2, 0) is 18.4 Å². The smallest absolute Gasteiger partial charge is 0.274 e. The van der Waals surface area contributed by atoms with Gasteiger partial charge in [-0.05, 0) is 24.3 Å². The molecular weight excluding hydrogens is 336 g/mol. The van der Waals surface area contributed by atoms with E-state index in [2.05, 4.69) is 10.4 Å². The molecule has 25 heavy (non-hydrogen) atoms. The number of rotatable bonds is 5. The van der Waals surface area contributed by atoms with Gasteiger partial charge in [-0.2, -0.15) is 5.10 Å². The lowest BCUT2D eigenvalue weighted by Gasteiger charge is -2.20. The summed E-state index contributed by atoms with van der Waals surface area (Å²) in [6.07, 6.45) is 5.32. The molecule has 1 aliphatic carbocycles. The van der Waals surface area contributed by atoms with E-state index >= 15 is 0 Å². The zero-order chi connectivity index (χ0) is 17.8. The summed E-state index contributed by atoms with van der Waals surface area (Å²) in [4.78, 5) is 27.7. The summed E-state index contributed by atoms with van der Waals surface area (Å²) in [6, 6.07) is 5.63. The van der Waals surface area contributed by atoms with E-state index in [1.54, 1.807) is 41.1 Å². The van der Waals surface area contributed by atoms with Crippen molar-refractivity contribution in [3.8, 4) is 0 Å². The third-order valence-electron chi connectivity index (χ3n) is 4.65. The standard InChI is InChI=1S/C18H24N4O2S/c1-21(12-14-9-6-10-25-14)18(24)15-11-16(22(2)20-15)19-17(23)13-7-4-3-5-8-13/h6,9-11,13H,3-5,7-8,12H2,1-2H3,(H,19,23). The number of aryl methyl sites for hydroxylation is 1. The van der Waals surface area contributed by atoms with E-state index in [0.717, 1.165) is 30.6 Å². The lowest BCUT2D eigenvalue weighted by atomic mass is 9.89. The molecule has 1 N–H and O–H groups in total. The number of nitrogens with zero attached hydrogens (tertiary/aromatic N) is 3. The van der Waals surface area contributed by atoms with Crippen molar-refractivity contribution in [2.75, 3.05) is 12.4 Å². The van der Waals surface area contributed by atoms with Gasteiger partial charge in [0, 0.05) is 31.0 Å². The zero-order valence-corrected chi connectivity index (χ0v) is 15.5. The first-order chi connectivity index (χ1) is 12.0. The summed E-state index contributed by atoms with van der Waals surface area (Å²) in [5, 5.41) is 9.20. The molecule has 2 amide bonds. The van der Waals surface area contributed by atoms with Crippen molar-refractivity contribution < 1.29 is 9.59 Å². The van der Waals surface area contributed by atoms with Crippen molar-refractivity contribution >= 4 is 29.0 Å². The first-order valence-corrected chi connectivity index (χ1v) is 9.55. The number of anilines is 1. The third kappa shape index (κ3) is 4.28. The Morgan fingerprint density at radius 1 is 1.36 bits per heavy atom. The number of amides is 2. The minimum absolute atomic E-state index is 0.0358. The van der Waals surface area contributed by atoms with E-state index in [4.69, 9.17) is 0 Å². The van der Waals surface area contributed by atoms with Gasteiger partial charge in [-0.25, -0.2) is 0 Å². The fraction of sp³-hybridized carbons (Fsp3) is 0.500. The highest BCUT2D eigenvalue weighted by molar-refractivity contribution is 7.09. The number of aromatic nitrogens is 2. The quantitative estimate of drug-likeness (QED) is 0.890. The topological polar surface area (TPSA) is 67.2 Å². The molecule has 7 heteroatoms. The molecule has 2 aromatic heterocycles. The first-order valence-electron chi connectivity index (χ1n) is 8.67. The molecule has 1 fully saturated rings. The van der Waals surface area contributed by atoms with Crippen LogP contribution in [0.25, 0.3) is 0 Å². The summed E-state index contributed by atoms with van der Waals surface area (Å²) >= 11 is 1.62. The number of nitrogens with one attached hydrogen (secondary N) is 1. The molecule has 0 bridgehead atoms. The highest BCUT2D eigenvalue weighted by Crippen LogP contribution is 2.25. The number of hydrogen-bond donors (Lipinski definition) is 1. The maximum absolute atomic E-state index is 12.6. The Kier molecular flexibility index (Phi) is 5.53. The average Bonchev–Trinajstić information content (AvgIpc) is 3.25. The molecule has 1 saturated carbocycles. The van der Waals surface area contributed by atoms with Crippen molar-refractivity contribution in [3.63, 3.8) is 0 Å². The van der Waals surface area contributed by atoms with Crippen LogP contribution in [0, 0.1) is 5.92 Å². The summed E-state index contributed by atoms with van der Waals surface area (Å²) in [5.74, 6) is 0.531. The molecule has 0 saturated heterocycles. The van der Waals surface area contributed by atoms with Gasteiger partial charge in [0.25, 0.3) is 5.91 Å². The van der Waals surface area contributed by atoms with Gasteiger partial charge in [0.15, 0.2) is 5.69 Å². The fourth-order valence-corrected chi connectivity index (χ4v) is 3.94. The Morgan fingerprint density at radius 2 is 2.12 bits per heavy atom. The molecule has 0 aromatic carbocycles. The number of thiophene rings is 1. The molecule has 0 unspecified atom stereocenters. The summed E-state index contributed by atoms with van der Waals surface area (Å²) in [7, 11) is 3.50. The normalized spacial score (nSPS) is 15.1. The van der Waals surface area contributed by atoms with Gasteiger partial charge in [0.1, 0.15) is 5.82 Å². The summed E-state index contributed by atoms with van der Waals surface area (Å²) in [5.41, 5.74) is 0.348. The van der Waals surface area contributed by atoms with Crippen LogP contribution in [-0.4, -0.2) is 33.5 Å². The minimum atomic E-state index is -0.151. The van der Waals surface area contributed by atoms with E-state index in [1.165, 1.54) is 6.42 Å². The second-order valence-electron chi connectivity index (χ2n) is 6.60. The van der Waals surface area contributed by atoms with Gasteiger partial charge in [0.2, 0.25) is 5.91 Å². The van der Waals surface area contributed by atoms with Crippen molar-refractivity contribution in [3.05, 3.63) is 34.2 Å². The van der Waals surface area contributed by atoms with Crippen molar-refractivity contribution in [2.24, 2.45) is 13.0 Å². The van der Waals surface area contributed by atoms with Crippen LogP contribution < -0.4 is 5.32 Å². The lowest BCUT2D eigenvalue weighted by Crippen LogP contribution is -2.26. The van der Waals surface area contributed by atoms with Gasteiger partial charge < -0.3 is 10.2 Å². The SMILES string of the molecule is CN(Cc1cccs1)C(=O)c1cc(NC(=O)C2CCCCC2)n(C)n1. The molecule has 0 radical (unpaired) electrons.